The quantitative estimate of drug-likeness (QED) is 0.822. The van der Waals surface area contributed by atoms with Crippen molar-refractivity contribution in [2.45, 2.75) is 6.92 Å². The number of halogens is 2. The minimum absolute atomic E-state index is 0.135. The molecule has 1 aromatic heterocycles. The van der Waals surface area contributed by atoms with Crippen molar-refractivity contribution in [1.29, 1.82) is 0 Å². The average molecular weight is 268 g/mol. The molecule has 1 aromatic carbocycles. The maximum atomic E-state index is 13.4. The lowest BCUT2D eigenvalue weighted by atomic mass is 10.2. The predicted molar refractivity (Wildman–Crippen MR) is 67.8 cm³/mol. The molecule has 18 heavy (non-hydrogen) atoms. The standard InChI is InChI=1S/C12H10F2N2OS/c1-6-4-18-5-7(6)12(17)16-11-3-10(15)8(13)2-9(11)14/h2-5H,15H2,1H3,(H,16,17). The molecule has 0 saturated carbocycles. The summed E-state index contributed by atoms with van der Waals surface area (Å²) < 4.78 is 26.4. The number of thiophene rings is 1. The smallest absolute Gasteiger partial charge is 0.256 e. The molecule has 0 bridgehead atoms. The summed E-state index contributed by atoms with van der Waals surface area (Å²) in [6.45, 7) is 1.78. The molecular weight excluding hydrogens is 258 g/mol. The van der Waals surface area contributed by atoms with Gasteiger partial charge in [-0.2, -0.15) is 11.3 Å². The number of rotatable bonds is 2. The molecule has 2 rings (SSSR count). The summed E-state index contributed by atoms with van der Waals surface area (Å²) in [5.41, 5.74) is 6.23. The van der Waals surface area contributed by atoms with Gasteiger partial charge in [-0.05, 0) is 23.9 Å². The number of aryl methyl sites for hydroxylation is 1. The van der Waals surface area contributed by atoms with Crippen LogP contribution in [0.3, 0.4) is 0 Å². The second-order valence-electron chi connectivity index (χ2n) is 3.78. The van der Waals surface area contributed by atoms with E-state index in [1.165, 1.54) is 11.3 Å². The first-order valence-electron chi connectivity index (χ1n) is 5.07. The minimum Gasteiger partial charge on any atom is -0.396 e. The molecule has 0 saturated heterocycles. The Balaban J connectivity index is 2.28. The van der Waals surface area contributed by atoms with Crippen molar-refractivity contribution in [3.8, 4) is 0 Å². The molecule has 3 nitrogen and oxygen atoms in total. The zero-order chi connectivity index (χ0) is 13.3. The lowest BCUT2D eigenvalue weighted by Gasteiger charge is -2.07. The Morgan fingerprint density at radius 1 is 1.28 bits per heavy atom. The highest BCUT2D eigenvalue weighted by atomic mass is 32.1. The van der Waals surface area contributed by atoms with Crippen LogP contribution in [-0.2, 0) is 0 Å². The van der Waals surface area contributed by atoms with E-state index in [1.807, 2.05) is 5.38 Å². The molecule has 0 fully saturated rings. The highest BCUT2D eigenvalue weighted by Gasteiger charge is 2.14. The fourth-order valence-corrected chi connectivity index (χ4v) is 2.27. The third-order valence-electron chi connectivity index (χ3n) is 2.43. The van der Waals surface area contributed by atoms with Crippen LogP contribution >= 0.6 is 11.3 Å². The number of amides is 1. The maximum Gasteiger partial charge on any atom is 0.256 e. The van der Waals surface area contributed by atoms with E-state index in [0.717, 1.165) is 11.6 Å². The van der Waals surface area contributed by atoms with Gasteiger partial charge in [0.25, 0.3) is 5.91 Å². The highest BCUT2D eigenvalue weighted by Crippen LogP contribution is 2.22. The van der Waals surface area contributed by atoms with Crippen LogP contribution in [0.5, 0.6) is 0 Å². The number of carbonyl (C=O) groups excluding carboxylic acids is 1. The second-order valence-corrected chi connectivity index (χ2v) is 4.52. The third kappa shape index (κ3) is 2.33. The predicted octanol–water partition coefficient (Wildman–Crippen LogP) is 3.17. The largest absolute Gasteiger partial charge is 0.396 e. The summed E-state index contributed by atoms with van der Waals surface area (Å²) in [4.78, 5) is 11.8. The van der Waals surface area contributed by atoms with Crippen LogP contribution in [0.4, 0.5) is 20.2 Å². The molecule has 0 atom stereocenters. The van der Waals surface area contributed by atoms with E-state index in [9.17, 15) is 13.6 Å². The van der Waals surface area contributed by atoms with Crippen molar-refractivity contribution >= 4 is 28.6 Å². The molecule has 0 unspecified atom stereocenters. The number of nitrogens with two attached hydrogens (primary N) is 1. The molecule has 94 valence electrons. The van der Waals surface area contributed by atoms with Gasteiger partial charge in [0, 0.05) is 11.4 Å². The van der Waals surface area contributed by atoms with Crippen molar-refractivity contribution in [3.63, 3.8) is 0 Å². The normalized spacial score (nSPS) is 10.4. The monoisotopic (exact) mass is 268 g/mol. The number of hydrogen-bond acceptors (Lipinski definition) is 3. The van der Waals surface area contributed by atoms with Gasteiger partial charge in [-0.15, -0.1) is 0 Å². The molecule has 2 aromatic rings. The average Bonchev–Trinajstić information content (AvgIpc) is 2.72. The van der Waals surface area contributed by atoms with Crippen molar-refractivity contribution in [2.24, 2.45) is 0 Å². The molecule has 3 N–H and O–H groups in total. The van der Waals surface area contributed by atoms with E-state index in [-0.39, 0.29) is 11.4 Å². The molecular formula is C12H10F2N2OS. The molecule has 0 aliphatic rings. The fourth-order valence-electron chi connectivity index (χ4n) is 1.44. The Hall–Kier alpha value is -1.95. The second kappa shape index (κ2) is 4.73. The summed E-state index contributed by atoms with van der Waals surface area (Å²) >= 11 is 1.38. The lowest BCUT2D eigenvalue weighted by Crippen LogP contribution is -2.13. The number of anilines is 2. The van der Waals surface area contributed by atoms with E-state index in [2.05, 4.69) is 5.32 Å². The Kier molecular flexibility index (Phi) is 3.29. The van der Waals surface area contributed by atoms with Gasteiger partial charge in [0.05, 0.1) is 16.9 Å². The summed E-state index contributed by atoms with van der Waals surface area (Å²) in [5, 5.41) is 5.84. The first kappa shape index (κ1) is 12.5. The van der Waals surface area contributed by atoms with Crippen LogP contribution in [0.1, 0.15) is 15.9 Å². The van der Waals surface area contributed by atoms with Crippen molar-refractivity contribution < 1.29 is 13.6 Å². The van der Waals surface area contributed by atoms with Gasteiger partial charge in [-0.1, -0.05) is 0 Å². The van der Waals surface area contributed by atoms with E-state index in [1.54, 1.807) is 12.3 Å². The van der Waals surface area contributed by atoms with Crippen molar-refractivity contribution in [1.82, 2.24) is 0 Å². The number of carbonyl (C=O) groups is 1. The highest BCUT2D eigenvalue weighted by molar-refractivity contribution is 7.08. The van der Waals surface area contributed by atoms with Crippen LogP contribution in [0, 0.1) is 18.6 Å². The Morgan fingerprint density at radius 3 is 2.61 bits per heavy atom. The minimum atomic E-state index is -0.858. The third-order valence-corrected chi connectivity index (χ3v) is 3.30. The summed E-state index contributed by atoms with van der Waals surface area (Å²) in [5.74, 6) is -2.15. The van der Waals surface area contributed by atoms with E-state index in [0.29, 0.717) is 11.6 Å². The molecule has 1 heterocycles. The van der Waals surface area contributed by atoms with Gasteiger partial charge >= 0.3 is 0 Å². The van der Waals surface area contributed by atoms with Crippen LogP contribution in [-0.4, -0.2) is 5.91 Å². The van der Waals surface area contributed by atoms with Gasteiger partial charge in [0.15, 0.2) is 0 Å². The molecule has 0 spiro atoms. The SMILES string of the molecule is Cc1cscc1C(=O)Nc1cc(N)c(F)cc1F. The van der Waals surface area contributed by atoms with Gasteiger partial charge in [0.2, 0.25) is 0 Å². The van der Waals surface area contributed by atoms with Crippen LogP contribution in [0.15, 0.2) is 22.9 Å². The Bertz CT molecular complexity index is 610. The van der Waals surface area contributed by atoms with Crippen LogP contribution in [0.25, 0.3) is 0 Å². The van der Waals surface area contributed by atoms with Crippen molar-refractivity contribution in [2.75, 3.05) is 11.1 Å². The van der Waals surface area contributed by atoms with Crippen LogP contribution in [0.2, 0.25) is 0 Å². The zero-order valence-corrected chi connectivity index (χ0v) is 10.3. The molecule has 0 aliphatic carbocycles. The Morgan fingerprint density at radius 2 is 2.00 bits per heavy atom. The van der Waals surface area contributed by atoms with Gasteiger partial charge in [-0.3, -0.25) is 4.79 Å². The van der Waals surface area contributed by atoms with E-state index in [4.69, 9.17) is 5.73 Å². The number of hydrogen-bond donors (Lipinski definition) is 2. The summed E-state index contributed by atoms with van der Waals surface area (Å²) in [6, 6.07) is 1.70. The lowest BCUT2D eigenvalue weighted by molar-refractivity contribution is 0.102. The summed E-state index contributed by atoms with van der Waals surface area (Å²) in [7, 11) is 0. The van der Waals surface area contributed by atoms with Gasteiger partial charge < -0.3 is 11.1 Å². The fraction of sp³-hybridized carbons (Fsp3) is 0.0833. The van der Waals surface area contributed by atoms with Crippen molar-refractivity contribution in [3.05, 3.63) is 45.7 Å². The summed E-state index contributed by atoms with van der Waals surface area (Å²) in [6.07, 6.45) is 0. The maximum absolute atomic E-state index is 13.4. The molecule has 1 amide bonds. The topological polar surface area (TPSA) is 55.1 Å². The van der Waals surface area contributed by atoms with E-state index >= 15 is 0 Å². The molecule has 0 radical (unpaired) electrons. The van der Waals surface area contributed by atoms with E-state index < -0.39 is 17.5 Å². The molecule has 6 heteroatoms. The number of nitrogens with one attached hydrogen (secondary N) is 1. The first-order valence-corrected chi connectivity index (χ1v) is 6.02. The number of nitrogen functional groups attached to an aromatic ring is 1. The van der Waals surface area contributed by atoms with Gasteiger partial charge in [0.1, 0.15) is 11.6 Å². The Labute approximate surface area is 106 Å². The van der Waals surface area contributed by atoms with Crippen LogP contribution < -0.4 is 11.1 Å². The molecule has 0 aliphatic heterocycles. The zero-order valence-electron chi connectivity index (χ0n) is 9.46. The van der Waals surface area contributed by atoms with Gasteiger partial charge in [-0.25, -0.2) is 8.78 Å². The first-order chi connectivity index (χ1) is 8.49. The number of benzene rings is 1.